The van der Waals surface area contributed by atoms with E-state index >= 15 is 0 Å². The van der Waals surface area contributed by atoms with Crippen LogP contribution in [0, 0.1) is 11.2 Å². The van der Waals surface area contributed by atoms with Gasteiger partial charge in [0, 0.05) is 0 Å². The second kappa shape index (κ2) is 3.70. The van der Waals surface area contributed by atoms with E-state index in [0.717, 1.165) is 25.3 Å². The number of rotatable bonds is 1. The zero-order valence-corrected chi connectivity index (χ0v) is 12.8. The second-order valence-electron chi connectivity index (χ2n) is 6.52. The Morgan fingerprint density at radius 2 is 2.00 bits per heavy atom. The van der Waals surface area contributed by atoms with Gasteiger partial charge in [0.25, 0.3) is 10.0 Å². The Morgan fingerprint density at radius 3 is 2.62 bits per heavy atom. The SMILES string of the molecule is CC12CC(N=C3Nc4cc(Cl)c(F)cc4S(=O)(=O)N3)(C1)C2. The third-order valence-electron chi connectivity index (χ3n) is 4.41. The van der Waals surface area contributed by atoms with Crippen molar-refractivity contribution in [2.24, 2.45) is 10.4 Å². The molecule has 0 radical (unpaired) electrons. The monoisotopic (exact) mass is 329 g/mol. The van der Waals surface area contributed by atoms with Gasteiger partial charge in [0.2, 0.25) is 5.96 Å². The van der Waals surface area contributed by atoms with Crippen molar-refractivity contribution in [2.75, 3.05) is 5.32 Å². The van der Waals surface area contributed by atoms with Gasteiger partial charge in [0.1, 0.15) is 10.7 Å². The van der Waals surface area contributed by atoms with E-state index in [4.69, 9.17) is 11.6 Å². The summed E-state index contributed by atoms with van der Waals surface area (Å²) >= 11 is 5.71. The minimum absolute atomic E-state index is 0.129. The molecule has 3 saturated carbocycles. The number of guanidine groups is 1. The molecule has 1 aliphatic heterocycles. The highest BCUT2D eigenvalue weighted by atomic mass is 35.5. The number of nitrogens with zero attached hydrogens (tertiary/aromatic N) is 1. The maximum absolute atomic E-state index is 13.4. The lowest BCUT2D eigenvalue weighted by Gasteiger charge is -2.67. The highest BCUT2D eigenvalue weighted by Gasteiger charge is 2.65. The van der Waals surface area contributed by atoms with Crippen molar-refractivity contribution in [3.8, 4) is 0 Å². The van der Waals surface area contributed by atoms with E-state index in [1.165, 1.54) is 6.07 Å². The van der Waals surface area contributed by atoms with Gasteiger partial charge in [-0.05, 0) is 36.8 Å². The topological polar surface area (TPSA) is 70.6 Å². The van der Waals surface area contributed by atoms with Gasteiger partial charge in [0.05, 0.1) is 16.2 Å². The zero-order valence-electron chi connectivity index (χ0n) is 11.2. The number of hydrogen-bond acceptors (Lipinski definition) is 3. The summed E-state index contributed by atoms with van der Waals surface area (Å²) in [6.07, 6.45) is 2.93. The van der Waals surface area contributed by atoms with Crippen LogP contribution in [0.2, 0.25) is 5.02 Å². The van der Waals surface area contributed by atoms with Crippen LogP contribution in [0.3, 0.4) is 0 Å². The van der Waals surface area contributed by atoms with Crippen LogP contribution < -0.4 is 10.0 Å². The molecule has 8 heteroatoms. The molecule has 1 aromatic carbocycles. The highest BCUT2D eigenvalue weighted by Crippen LogP contribution is 2.69. The van der Waals surface area contributed by atoms with Crippen molar-refractivity contribution in [1.29, 1.82) is 0 Å². The molecule has 0 amide bonds. The van der Waals surface area contributed by atoms with Crippen LogP contribution >= 0.6 is 11.6 Å². The van der Waals surface area contributed by atoms with Gasteiger partial charge in [-0.1, -0.05) is 18.5 Å². The lowest BCUT2D eigenvalue weighted by atomic mass is 9.40. The van der Waals surface area contributed by atoms with Crippen molar-refractivity contribution in [2.45, 2.75) is 36.6 Å². The predicted octanol–water partition coefficient (Wildman–Crippen LogP) is 2.48. The third-order valence-corrected chi connectivity index (χ3v) is 6.08. The summed E-state index contributed by atoms with van der Waals surface area (Å²) in [7, 11) is -3.83. The van der Waals surface area contributed by atoms with Crippen molar-refractivity contribution in [3.63, 3.8) is 0 Å². The lowest BCUT2D eigenvalue weighted by Crippen LogP contribution is -2.65. The number of benzene rings is 1. The molecular weight excluding hydrogens is 317 g/mol. The first-order chi connectivity index (χ1) is 9.70. The Morgan fingerprint density at radius 1 is 1.33 bits per heavy atom. The Bertz CT molecular complexity index is 786. The first-order valence-corrected chi connectivity index (χ1v) is 8.45. The van der Waals surface area contributed by atoms with Gasteiger partial charge >= 0.3 is 0 Å². The molecule has 0 saturated heterocycles. The van der Waals surface area contributed by atoms with Crippen LogP contribution in [0.5, 0.6) is 0 Å². The fraction of sp³-hybridized carbons (Fsp3) is 0.462. The molecule has 2 N–H and O–H groups in total. The quantitative estimate of drug-likeness (QED) is 0.831. The first kappa shape index (κ1) is 13.3. The molecular formula is C13H13ClFN3O2S. The molecule has 5 nitrogen and oxygen atoms in total. The number of anilines is 1. The van der Waals surface area contributed by atoms with E-state index in [0.29, 0.717) is 5.41 Å². The largest absolute Gasteiger partial charge is 0.324 e. The van der Waals surface area contributed by atoms with E-state index in [9.17, 15) is 12.8 Å². The first-order valence-electron chi connectivity index (χ1n) is 6.59. The standard InChI is InChI=1S/C13H13ClFN3O2S/c1-12-4-13(5-12,6-12)17-11-16-9-2-7(14)8(15)3-10(9)21(19,20)18-11/h2-3H,4-6H2,1H3,(H2,16,17,18). The molecule has 21 heavy (non-hydrogen) atoms. The Balaban J connectivity index is 1.73. The van der Waals surface area contributed by atoms with Gasteiger partial charge in [0.15, 0.2) is 0 Å². The molecule has 5 rings (SSSR count). The number of hydrogen-bond donors (Lipinski definition) is 2. The molecule has 0 atom stereocenters. The molecule has 0 aromatic heterocycles. The minimum atomic E-state index is -3.83. The van der Waals surface area contributed by atoms with E-state index in [1.54, 1.807) is 0 Å². The molecule has 0 unspecified atom stereocenters. The van der Waals surface area contributed by atoms with E-state index < -0.39 is 15.8 Å². The van der Waals surface area contributed by atoms with Gasteiger partial charge in [-0.25, -0.2) is 22.5 Å². The molecule has 4 aliphatic rings. The normalized spacial score (nSPS) is 36.8. The molecule has 2 bridgehead atoms. The highest BCUT2D eigenvalue weighted by molar-refractivity contribution is 7.90. The van der Waals surface area contributed by atoms with Gasteiger partial charge in [-0.15, -0.1) is 0 Å². The molecule has 1 aromatic rings. The van der Waals surface area contributed by atoms with Crippen LogP contribution in [0.1, 0.15) is 26.2 Å². The van der Waals surface area contributed by atoms with Gasteiger partial charge in [-0.2, -0.15) is 0 Å². The summed E-state index contributed by atoms with van der Waals surface area (Å²) in [4.78, 5) is 4.35. The van der Waals surface area contributed by atoms with Crippen LogP contribution in [-0.2, 0) is 10.0 Å². The molecule has 1 heterocycles. The second-order valence-corrected chi connectivity index (χ2v) is 8.58. The van der Waals surface area contributed by atoms with Crippen molar-refractivity contribution < 1.29 is 12.8 Å². The minimum Gasteiger partial charge on any atom is -0.324 e. The van der Waals surface area contributed by atoms with Gasteiger partial charge < -0.3 is 5.32 Å². The summed E-state index contributed by atoms with van der Waals surface area (Å²) in [5, 5.41) is 2.76. The predicted molar refractivity (Wildman–Crippen MR) is 77.5 cm³/mol. The summed E-state index contributed by atoms with van der Waals surface area (Å²) in [6.45, 7) is 2.20. The van der Waals surface area contributed by atoms with Crippen LogP contribution in [0.4, 0.5) is 10.1 Å². The maximum atomic E-state index is 13.4. The lowest BCUT2D eigenvalue weighted by molar-refractivity contribution is -0.113. The fourth-order valence-corrected chi connectivity index (χ4v) is 5.10. The summed E-state index contributed by atoms with van der Waals surface area (Å²) in [6, 6.07) is 2.18. The van der Waals surface area contributed by atoms with Crippen molar-refractivity contribution in [1.82, 2.24) is 4.72 Å². The number of sulfonamides is 1. The number of fused-ring (bicyclic) bond motifs is 1. The number of aliphatic imine (C=N–C) groups is 1. The summed E-state index contributed by atoms with van der Waals surface area (Å²) in [5.41, 5.74) is 0.486. The Labute approximate surface area is 126 Å². The smallest absolute Gasteiger partial charge is 0.266 e. The molecule has 0 spiro atoms. The molecule has 3 aliphatic carbocycles. The molecule has 3 fully saturated rings. The number of nitrogens with one attached hydrogen (secondary N) is 2. The van der Waals surface area contributed by atoms with Crippen LogP contribution in [0.15, 0.2) is 22.0 Å². The van der Waals surface area contributed by atoms with Crippen LogP contribution in [-0.4, -0.2) is 19.9 Å². The van der Waals surface area contributed by atoms with Crippen molar-refractivity contribution in [3.05, 3.63) is 23.0 Å². The Hall–Kier alpha value is -1.34. The molecule has 112 valence electrons. The average Bonchev–Trinajstić information content (AvgIpc) is 2.28. The fourth-order valence-electron chi connectivity index (χ4n) is 3.82. The zero-order chi connectivity index (χ0) is 15.0. The van der Waals surface area contributed by atoms with Crippen molar-refractivity contribution >= 4 is 33.3 Å². The number of halogens is 2. The third kappa shape index (κ3) is 1.87. The van der Waals surface area contributed by atoms with E-state index in [-0.39, 0.29) is 27.1 Å². The van der Waals surface area contributed by atoms with E-state index in [2.05, 4.69) is 22.0 Å². The summed E-state index contributed by atoms with van der Waals surface area (Å²) in [5.74, 6) is -0.581. The van der Waals surface area contributed by atoms with E-state index in [1.807, 2.05) is 0 Å². The summed E-state index contributed by atoms with van der Waals surface area (Å²) < 4.78 is 40.2. The van der Waals surface area contributed by atoms with Crippen LogP contribution in [0.25, 0.3) is 0 Å². The Kier molecular flexibility index (Phi) is 2.35. The maximum Gasteiger partial charge on any atom is 0.266 e. The average molecular weight is 330 g/mol. The van der Waals surface area contributed by atoms with Gasteiger partial charge in [-0.3, -0.25) is 0 Å².